The number of anilines is 2. The van der Waals surface area contributed by atoms with Crippen molar-refractivity contribution in [3.8, 4) is 5.75 Å². The minimum Gasteiger partial charge on any atom is -0.494 e. The van der Waals surface area contributed by atoms with Crippen LogP contribution in [0.4, 0.5) is 11.4 Å². The summed E-state index contributed by atoms with van der Waals surface area (Å²) >= 11 is 1.50. The van der Waals surface area contributed by atoms with Crippen LogP contribution in [0.3, 0.4) is 0 Å². The summed E-state index contributed by atoms with van der Waals surface area (Å²) in [5, 5.41) is 2.65. The van der Waals surface area contributed by atoms with E-state index in [1.54, 1.807) is 54.6 Å². The fourth-order valence-corrected chi connectivity index (χ4v) is 5.07. The molecular formula is C25H26N2O6S2. The first kappa shape index (κ1) is 26.1. The topological polar surface area (TPSA) is 102 Å². The van der Waals surface area contributed by atoms with E-state index >= 15 is 0 Å². The van der Waals surface area contributed by atoms with Crippen molar-refractivity contribution in [2.45, 2.75) is 16.7 Å². The van der Waals surface area contributed by atoms with Crippen LogP contribution in [0, 0.1) is 0 Å². The molecule has 0 heterocycles. The number of thioether (sulfide) groups is 1. The number of sulfonamides is 1. The predicted octanol–water partition coefficient (Wildman–Crippen LogP) is 4.43. The third-order valence-electron chi connectivity index (χ3n) is 4.94. The van der Waals surface area contributed by atoms with Gasteiger partial charge in [-0.05, 0) is 79.9 Å². The number of carbonyl (C=O) groups is 2. The van der Waals surface area contributed by atoms with E-state index in [1.807, 2.05) is 13.2 Å². The van der Waals surface area contributed by atoms with E-state index in [0.29, 0.717) is 23.7 Å². The summed E-state index contributed by atoms with van der Waals surface area (Å²) in [5.74, 6) is -0.541. The van der Waals surface area contributed by atoms with E-state index in [0.717, 1.165) is 9.20 Å². The van der Waals surface area contributed by atoms with Gasteiger partial charge < -0.3 is 14.8 Å². The van der Waals surface area contributed by atoms with Crippen LogP contribution in [0.1, 0.15) is 17.3 Å². The van der Waals surface area contributed by atoms with E-state index in [4.69, 9.17) is 9.47 Å². The van der Waals surface area contributed by atoms with Gasteiger partial charge in [0.2, 0.25) is 5.91 Å². The zero-order chi connectivity index (χ0) is 25.4. The van der Waals surface area contributed by atoms with E-state index in [2.05, 4.69) is 5.32 Å². The van der Waals surface area contributed by atoms with Gasteiger partial charge in [0, 0.05) is 10.6 Å². The lowest BCUT2D eigenvalue weighted by Crippen LogP contribution is -2.38. The molecule has 184 valence electrons. The van der Waals surface area contributed by atoms with Gasteiger partial charge in [-0.15, -0.1) is 11.8 Å². The van der Waals surface area contributed by atoms with Gasteiger partial charge in [-0.1, -0.05) is 6.07 Å². The van der Waals surface area contributed by atoms with Crippen molar-refractivity contribution in [1.29, 1.82) is 0 Å². The molecule has 3 aromatic carbocycles. The Bertz CT molecular complexity index is 1280. The lowest BCUT2D eigenvalue weighted by atomic mass is 10.2. The summed E-state index contributed by atoms with van der Waals surface area (Å²) in [7, 11) is -2.81. The fraction of sp³-hybridized carbons (Fsp3) is 0.200. The molecule has 0 saturated carbocycles. The largest absolute Gasteiger partial charge is 0.494 e. The minimum absolute atomic E-state index is 0.0599. The molecule has 0 aliphatic carbocycles. The maximum absolute atomic E-state index is 13.6. The first-order chi connectivity index (χ1) is 16.8. The number of hydrogen-bond acceptors (Lipinski definition) is 7. The Balaban J connectivity index is 1.92. The lowest BCUT2D eigenvalue weighted by Gasteiger charge is -2.24. The van der Waals surface area contributed by atoms with Crippen molar-refractivity contribution in [3.05, 3.63) is 78.4 Å². The number of hydrogen-bond donors (Lipinski definition) is 1. The van der Waals surface area contributed by atoms with Crippen molar-refractivity contribution in [2.24, 2.45) is 0 Å². The molecule has 8 nitrogen and oxygen atoms in total. The second-order valence-electron chi connectivity index (χ2n) is 7.23. The van der Waals surface area contributed by atoms with Crippen LogP contribution < -0.4 is 14.4 Å². The quantitative estimate of drug-likeness (QED) is 0.315. The summed E-state index contributed by atoms with van der Waals surface area (Å²) in [4.78, 5) is 25.7. The Hall–Kier alpha value is -3.50. The Kier molecular flexibility index (Phi) is 8.78. The van der Waals surface area contributed by atoms with Crippen molar-refractivity contribution < 1.29 is 27.5 Å². The Labute approximate surface area is 209 Å². The van der Waals surface area contributed by atoms with Gasteiger partial charge in [-0.2, -0.15) is 0 Å². The van der Waals surface area contributed by atoms with Crippen LogP contribution in [0.5, 0.6) is 5.75 Å². The van der Waals surface area contributed by atoms with Gasteiger partial charge in [0.15, 0.2) is 0 Å². The summed E-state index contributed by atoms with van der Waals surface area (Å²) < 4.78 is 38.3. The molecule has 0 aromatic heterocycles. The number of carbonyl (C=O) groups excluding carboxylic acids is 2. The van der Waals surface area contributed by atoms with Crippen molar-refractivity contribution in [2.75, 3.05) is 36.1 Å². The molecule has 0 fully saturated rings. The summed E-state index contributed by atoms with van der Waals surface area (Å²) in [6.45, 7) is 1.84. The van der Waals surface area contributed by atoms with Gasteiger partial charge in [0.05, 0.1) is 29.9 Å². The number of methoxy groups -OCH3 is 1. The van der Waals surface area contributed by atoms with Gasteiger partial charge in [-0.25, -0.2) is 13.2 Å². The number of nitrogens with zero attached hydrogens (tertiary/aromatic N) is 1. The monoisotopic (exact) mass is 514 g/mol. The molecule has 1 amide bonds. The highest BCUT2D eigenvalue weighted by Crippen LogP contribution is 2.27. The van der Waals surface area contributed by atoms with Gasteiger partial charge in [-0.3, -0.25) is 9.10 Å². The van der Waals surface area contributed by atoms with Crippen LogP contribution >= 0.6 is 11.8 Å². The highest BCUT2D eigenvalue weighted by molar-refractivity contribution is 7.98. The molecule has 0 aliphatic rings. The number of ether oxygens (including phenoxy) is 2. The average Bonchev–Trinajstić information content (AvgIpc) is 2.87. The molecule has 3 aromatic rings. The molecule has 0 spiro atoms. The zero-order valence-electron chi connectivity index (χ0n) is 19.6. The second-order valence-corrected chi connectivity index (χ2v) is 9.98. The number of nitrogens with one attached hydrogen (secondary N) is 1. The van der Waals surface area contributed by atoms with Crippen LogP contribution in [0.15, 0.2) is 82.6 Å². The second kappa shape index (κ2) is 11.8. The van der Waals surface area contributed by atoms with Crippen molar-refractivity contribution in [1.82, 2.24) is 0 Å². The Morgan fingerprint density at radius 2 is 1.69 bits per heavy atom. The summed E-state index contributed by atoms with van der Waals surface area (Å²) in [5.41, 5.74) is 0.905. The van der Waals surface area contributed by atoms with E-state index in [1.165, 1.54) is 37.1 Å². The molecular weight excluding hydrogens is 488 g/mol. The molecule has 0 atom stereocenters. The Morgan fingerprint density at radius 3 is 2.29 bits per heavy atom. The number of amides is 1. The average molecular weight is 515 g/mol. The zero-order valence-corrected chi connectivity index (χ0v) is 21.2. The van der Waals surface area contributed by atoms with Crippen LogP contribution in [-0.2, 0) is 19.6 Å². The van der Waals surface area contributed by atoms with Crippen LogP contribution in [0.25, 0.3) is 0 Å². The van der Waals surface area contributed by atoms with E-state index < -0.39 is 28.4 Å². The highest BCUT2D eigenvalue weighted by atomic mass is 32.2. The van der Waals surface area contributed by atoms with Gasteiger partial charge >= 0.3 is 5.97 Å². The van der Waals surface area contributed by atoms with Crippen LogP contribution in [0.2, 0.25) is 0 Å². The summed E-state index contributed by atoms with van der Waals surface area (Å²) in [6.07, 6.45) is 1.90. The maximum Gasteiger partial charge on any atom is 0.337 e. The predicted molar refractivity (Wildman–Crippen MR) is 137 cm³/mol. The van der Waals surface area contributed by atoms with Crippen LogP contribution in [-0.4, -0.2) is 46.8 Å². The fourth-order valence-electron chi connectivity index (χ4n) is 3.24. The molecule has 0 saturated heterocycles. The lowest BCUT2D eigenvalue weighted by molar-refractivity contribution is -0.114. The highest BCUT2D eigenvalue weighted by Gasteiger charge is 2.27. The molecule has 3 rings (SSSR count). The third kappa shape index (κ3) is 6.55. The maximum atomic E-state index is 13.6. The molecule has 0 radical (unpaired) electrons. The molecule has 35 heavy (non-hydrogen) atoms. The van der Waals surface area contributed by atoms with Gasteiger partial charge in [0.1, 0.15) is 12.3 Å². The van der Waals surface area contributed by atoms with Crippen molar-refractivity contribution >= 4 is 45.0 Å². The third-order valence-corrected chi connectivity index (χ3v) is 7.47. The number of benzene rings is 3. The van der Waals surface area contributed by atoms with E-state index in [-0.39, 0.29) is 10.5 Å². The standard InChI is InChI=1S/C25H26N2O6S2/c1-4-33-21-10-8-20(9-11-21)27(35(30,31)23-14-12-22(34-3)13-15-23)17-24(28)26-19-7-5-6-18(16-19)25(29)32-2/h5-16H,4,17H2,1-3H3,(H,26,28). The first-order valence-electron chi connectivity index (χ1n) is 10.7. The first-order valence-corrected chi connectivity index (χ1v) is 13.3. The molecule has 0 unspecified atom stereocenters. The Morgan fingerprint density at radius 1 is 1.00 bits per heavy atom. The van der Waals surface area contributed by atoms with Crippen molar-refractivity contribution in [3.63, 3.8) is 0 Å². The molecule has 0 aliphatic heterocycles. The smallest absolute Gasteiger partial charge is 0.337 e. The minimum atomic E-state index is -4.07. The normalized spacial score (nSPS) is 10.9. The SMILES string of the molecule is CCOc1ccc(N(CC(=O)Nc2cccc(C(=O)OC)c2)S(=O)(=O)c2ccc(SC)cc2)cc1. The van der Waals surface area contributed by atoms with E-state index in [9.17, 15) is 18.0 Å². The molecule has 1 N–H and O–H groups in total. The molecule has 0 bridgehead atoms. The van der Waals surface area contributed by atoms with Gasteiger partial charge in [0.25, 0.3) is 10.0 Å². The number of rotatable bonds is 10. The molecule has 10 heteroatoms. The summed E-state index contributed by atoms with van der Waals surface area (Å²) in [6, 6.07) is 19.1. The number of esters is 1.